The van der Waals surface area contributed by atoms with E-state index < -0.39 is 12.6 Å². The Labute approximate surface area is 105 Å². The number of carbonyl (C=O) groups is 1. The molecule has 0 aromatic rings. The molecule has 7 heteroatoms. The summed E-state index contributed by atoms with van der Waals surface area (Å²) in [5.41, 5.74) is 0. The lowest BCUT2D eigenvalue weighted by atomic mass is 10.3. The van der Waals surface area contributed by atoms with E-state index in [0.29, 0.717) is 12.5 Å². The van der Waals surface area contributed by atoms with Crippen LogP contribution < -0.4 is 5.32 Å². The van der Waals surface area contributed by atoms with Crippen molar-refractivity contribution in [2.75, 3.05) is 26.7 Å². The summed E-state index contributed by atoms with van der Waals surface area (Å²) in [7, 11) is 1.61. The number of carbonyl (C=O) groups excluding carboxylic acids is 1. The summed E-state index contributed by atoms with van der Waals surface area (Å²) in [6.45, 7) is 0.349. The van der Waals surface area contributed by atoms with E-state index >= 15 is 0 Å². The van der Waals surface area contributed by atoms with Gasteiger partial charge in [0.05, 0.1) is 13.0 Å². The van der Waals surface area contributed by atoms with Crippen LogP contribution in [0, 0.1) is 5.92 Å². The minimum Gasteiger partial charge on any atom is -0.341 e. The predicted octanol–water partition coefficient (Wildman–Crippen LogP) is 1.82. The Morgan fingerprint density at radius 2 is 2.00 bits per heavy atom. The van der Waals surface area contributed by atoms with Gasteiger partial charge in [-0.2, -0.15) is 13.2 Å². The molecule has 0 aromatic heterocycles. The van der Waals surface area contributed by atoms with E-state index in [2.05, 4.69) is 5.32 Å². The second-order valence-corrected chi connectivity index (χ2v) is 4.18. The van der Waals surface area contributed by atoms with Crippen LogP contribution in [0.15, 0.2) is 0 Å². The molecule has 0 heterocycles. The van der Waals surface area contributed by atoms with Crippen LogP contribution in [0.5, 0.6) is 0 Å². The van der Waals surface area contributed by atoms with Crippen molar-refractivity contribution in [3.05, 3.63) is 0 Å². The molecule has 0 unspecified atom stereocenters. The summed E-state index contributed by atoms with van der Waals surface area (Å²) in [5, 5.41) is 2.67. The quantitative estimate of drug-likeness (QED) is 0.801. The van der Waals surface area contributed by atoms with Gasteiger partial charge in [0.1, 0.15) is 0 Å². The smallest absolute Gasteiger partial charge is 0.341 e. The van der Waals surface area contributed by atoms with Gasteiger partial charge in [-0.25, -0.2) is 0 Å². The van der Waals surface area contributed by atoms with Crippen LogP contribution >= 0.6 is 12.4 Å². The molecule has 1 saturated carbocycles. The van der Waals surface area contributed by atoms with Crippen LogP contribution in [-0.4, -0.2) is 43.7 Å². The number of likely N-dealkylation sites (N-methyl/N-ethyl adjacent to an activating group) is 1. The summed E-state index contributed by atoms with van der Waals surface area (Å²) in [6.07, 6.45) is -3.07. The molecule has 1 aliphatic carbocycles. The molecule has 1 fully saturated rings. The Hall–Kier alpha value is -0.490. The third-order valence-corrected chi connectivity index (χ3v) is 2.52. The lowest BCUT2D eigenvalue weighted by molar-refractivity contribution is -0.145. The van der Waals surface area contributed by atoms with Crippen LogP contribution in [0.4, 0.5) is 13.2 Å². The first-order valence-corrected chi connectivity index (χ1v) is 5.41. The summed E-state index contributed by atoms with van der Waals surface area (Å²) < 4.78 is 36.2. The molecule has 1 N–H and O–H groups in total. The van der Waals surface area contributed by atoms with Crippen molar-refractivity contribution in [3.63, 3.8) is 0 Å². The van der Waals surface area contributed by atoms with E-state index in [0.717, 1.165) is 12.8 Å². The van der Waals surface area contributed by atoms with Crippen LogP contribution in [0.1, 0.15) is 19.3 Å². The molecule has 1 amide bonds. The van der Waals surface area contributed by atoms with Gasteiger partial charge in [-0.15, -0.1) is 12.4 Å². The molecule has 1 rings (SSSR count). The predicted molar refractivity (Wildman–Crippen MR) is 61.2 cm³/mol. The molecule has 17 heavy (non-hydrogen) atoms. The maximum absolute atomic E-state index is 12.1. The molecule has 0 bridgehead atoms. The number of halogens is 4. The van der Waals surface area contributed by atoms with E-state index in [1.54, 1.807) is 7.05 Å². The Kier molecular flexibility index (Phi) is 6.85. The van der Waals surface area contributed by atoms with Crippen molar-refractivity contribution in [1.29, 1.82) is 0 Å². The number of alkyl halides is 3. The normalized spacial score (nSPS) is 15.3. The van der Waals surface area contributed by atoms with E-state index in [1.165, 1.54) is 4.90 Å². The van der Waals surface area contributed by atoms with Gasteiger partial charge in [0.15, 0.2) is 0 Å². The molecule has 0 aromatic carbocycles. The minimum absolute atomic E-state index is 0. The molecular formula is C10H18ClF3N2O. The highest BCUT2D eigenvalue weighted by Crippen LogP contribution is 2.30. The maximum Gasteiger partial charge on any atom is 0.390 e. The fraction of sp³-hybridized carbons (Fsp3) is 0.900. The maximum atomic E-state index is 12.1. The molecular weight excluding hydrogens is 257 g/mol. The summed E-state index contributed by atoms with van der Waals surface area (Å²) in [5.74, 6) is 0.160. The SMILES string of the molecule is CNCC(=O)N(CCC(F)(F)F)CC1CC1.Cl. The zero-order chi connectivity index (χ0) is 12.2. The summed E-state index contributed by atoms with van der Waals surface area (Å²) in [4.78, 5) is 12.8. The Bertz CT molecular complexity index is 244. The fourth-order valence-electron chi connectivity index (χ4n) is 1.45. The first-order valence-electron chi connectivity index (χ1n) is 5.41. The lowest BCUT2D eigenvalue weighted by Crippen LogP contribution is -2.40. The van der Waals surface area contributed by atoms with Crippen molar-refractivity contribution in [2.45, 2.75) is 25.4 Å². The monoisotopic (exact) mass is 274 g/mol. The molecule has 102 valence electrons. The van der Waals surface area contributed by atoms with Crippen LogP contribution in [0.25, 0.3) is 0 Å². The Balaban J connectivity index is 0.00000256. The van der Waals surface area contributed by atoms with Gasteiger partial charge in [-0.1, -0.05) is 0 Å². The third-order valence-electron chi connectivity index (χ3n) is 2.52. The van der Waals surface area contributed by atoms with E-state index in [9.17, 15) is 18.0 Å². The molecule has 0 atom stereocenters. The van der Waals surface area contributed by atoms with E-state index in [-0.39, 0.29) is 31.4 Å². The standard InChI is InChI=1S/C10H17F3N2O.ClH/c1-14-6-9(16)15(7-8-2-3-8)5-4-10(11,12)13;/h8,14H,2-7H2,1H3;1H. The van der Waals surface area contributed by atoms with Gasteiger partial charge in [0.2, 0.25) is 5.91 Å². The molecule has 0 aliphatic heterocycles. The third kappa shape index (κ3) is 7.44. The first-order chi connectivity index (χ1) is 7.42. The summed E-state index contributed by atoms with van der Waals surface area (Å²) in [6, 6.07) is 0. The molecule has 0 saturated heterocycles. The van der Waals surface area contributed by atoms with Gasteiger partial charge in [0, 0.05) is 13.1 Å². The topological polar surface area (TPSA) is 32.3 Å². The van der Waals surface area contributed by atoms with Crippen molar-refractivity contribution in [2.24, 2.45) is 5.92 Å². The molecule has 3 nitrogen and oxygen atoms in total. The van der Waals surface area contributed by atoms with Gasteiger partial charge < -0.3 is 10.2 Å². The Morgan fingerprint density at radius 1 is 1.41 bits per heavy atom. The van der Waals surface area contributed by atoms with Gasteiger partial charge in [-0.3, -0.25) is 4.79 Å². The van der Waals surface area contributed by atoms with E-state index in [1.807, 2.05) is 0 Å². The number of hydrogen-bond donors (Lipinski definition) is 1. The average molecular weight is 275 g/mol. The van der Waals surface area contributed by atoms with E-state index in [4.69, 9.17) is 0 Å². The van der Waals surface area contributed by atoms with Crippen molar-refractivity contribution in [1.82, 2.24) is 10.2 Å². The molecule has 0 spiro atoms. The van der Waals surface area contributed by atoms with Crippen molar-refractivity contribution < 1.29 is 18.0 Å². The van der Waals surface area contributed by atoms with Crippen LogP contribution in [-0.2, 0) is 4.79 Å². The molecule has 1 aliphatic rings. The van der Waals surface area contributed by atoms with Crippen LogP contribution in [0.2, 0.25) is 0 Å². The highest BCUT2D eigenvalue weighted by atomic mass is 35.5. The highest BCUT2D eigenvalue weighted by molar-refractivity contribution is 5.85. The molecule has 0 radical (unpaired) electrons. The van der Waals surface area contributed by atoms with Crippen molar-refractivity contribution >= 4 is 18.3 Å². The van der Waals surface area contributed by atoms with Crippen LogP contribution in [0.3, 0.4) is 0 Å². The average Bonchev–Trinajstić information content (AvgIpc) is 2.94. The highest BCUT2D eigenvalue weighted by Gasteiger charge is 2.31. The minimum atomic E-state index is -4.19. The van der Waals surface area contributed by atoms with Gasteiger partial charge in [-0.05, 0) is 25.8 Å². The number of amides is 1. The first kappa shape index (κ1) is 16.5. The fourth-order valence-corrected chi connectivity index (χ4v) is 1.45. The summed E-state index contributed by atoms with van der Waals surface area (Å²) >= 11 is 0. The number of hydrogen-bond acceptors (Lipinski definition) is 2. The largest absolute Gasteiger partial charge is 0.390 e. The zero-order valence-electron chi connectivity index (χ0n) is 9.72. The second kappa shape index (κ2) is 7.06. The zero-order valence-corrected chi connectivity index (χ0v) is 10.5. The lowest BCUT2D eigenvalue weighted by Gasteiger charge is -2.23. The number of nitrogens with zero attached hydrogens (tertiary/aromatic N) is 1. The van der Waals surface area contributed by atoms with Crippen molar-refractivity contribution in [3.8, 4) is 0 Å². The van der Waals surface area contributed by atoms with Gasteiger partial charge >= 0.3 is 6.18 Å². The van der Waals surface area contributed by atoms with Gasteiger partial charge in [0.25, 0.3) is 0 Å². The number of rotatable bonds is 6. The number of nitrogens with one attached hydrogen (secondary N) is 1. The second-order valence-electron chi connectivity index (χ2n) is 4.18. The Morgan fingerprint density at radius 3 is 2.41 bits per heavy atom.